The molecule has 2 bridgehead atoms. The standard InChI is InChI=1S/C61H78N6O7/c1-38(70)74-58-23-20-53-48-18-14-40-26-46(71)17-19-47(40)59(48)51(30-61(53,58)2)39-12-15-43(16-13-39)64(5)24-10-8-9-11-25-66-32-44-28-45(33-66)67(44)55-22-21-54-50(52(55)34-63(3)4)27-41-31-65(6)56(60(41)62-54)29-49(57(72)36-69)42(35-68)37-73-7/h12-13,15-16,21-22,26-27,29,35-36,44-45,48,51,53,57-58,72H,8-11,14,17-20,23-25,28,30-34,37H2,1-7H3/b49-42-,56-29-/t44?,45?,48?,51-,53?,57?,58?,61+/m1/s1. The van der Waals surface area contributed by atoms with Crippen LogP contribution in [0.15, 0.2) is 82.5 Å². The number of ketones is 1. The summed E-state index contributed by atoms with van der Waals surface area (Å²) in [7, 11) is 9.90. The van der Waals surface area contributed by atoms with Crippen molar-refractivity contribution in [3.63, 3.8) is 0 Å². The molecule has 0 spiro atoms. The van der Waals surface area contributed by atoms with E-state index >= 15 is 0 Å². The number of allylic oxidation sites excluding steroid dienone is 4. The largest absolute Gasteiger partial charge is 0.462 e. The molecule has 4 aliphatic carbocycles. The number of ether oxygens (including phenoxy) is 2. The van der Waals surface area contributed by atoms with Crippen molar-refractivity contribution < 1.29 is 33.8 Å². The minimum Gasteiger partial charge on any atom is -0.462 e. The number of piperazine rings is 1. The number of aromatic nitrogens is 1. The molecule has 2 aromatic carbocycles. The van der Waals surface area contributed by atoms with Crippen molar-refractivity contribution >= 4 is 52.3 Å². The minimum atomic E-state index is -1.46. The Balaban J connectivity index is 0.744. The first kappa shape index (κ1) is 52.0. The van der Waals surface area contributed by atoms with Gasteiger partial charge in [0.15, 0.2) is 12.1 Å². The normalized spacial score (nSPS) is 27.6. The lowest BCUT2D eigenvalue weighted by Crippen LogP contribution is -2.69. The molecule has 5 fully saturated rings. The number of aliphatic hydroxyl groups excluding tert-OH is 1. The summed E-state index contributed by atoms with van der Waals surface area (Å²) in [6, 6.07) is 17.0. The summed E-state index contributed by atoms with van der Waals surface area (Å²) in [5.74, 6) is 1.33. The molecular weight excluding hydrogens is 929 g/mol. The molecule has 3 saturated heterocycles. The molecule has 8 atom stereocenters. The summed E-state index contributed by atoms with van der Waals surface area (Å²) < 4.78 is 11.3. The zero-order valence-electron chi connectivity index (χ0n) is 44.9. The molecule has 8 aliphatic rings. The van der Waals surface area contributed by atoms with Crippen LogP contribution in [0.25, 0.3) is 16.6 Å². The molecule has 74 heavy (non-hydrogen) atoms. The molecule has 6 unspecified atom stereocenters. The van der Waals surface area contributed by atoms with E-state index < -0.39 is 6.10 Å². The minimum absolute atomic E-state index is 0.0173. The average molecular weight is 1010 g/mol. The van der Waals surface area contributed by atoms with E-state index in [-0.39, 0.29) is 46.9 Å². The van der Waals surface area contributed by atoms with Gasteiger partial charge in [0.2, 0.25) is 0 Å². The summed E-state index contributed by atoms with van der Waals surface area (Å²) in [5, 5.41) is 11.8. The van der Waals surface area contributed by atoms with Gasteiger partial charge < -0.3 is 39.0 Å². The van der Waals surface area contributed by atoms with Crippen LogP contribution in [0.1, 0.15) is 119 Å². The Kier molecular flexibility index (Phi) is 15.2. The number of nitrogens with zero attached hydrogens (tertiary/aromatic N) is 6. The number of anilines is 2. The first-order chi connectivity index (χ1) is 35.7. The number of benzene rings is 2. The number of unbranched alkanes of at least 4 members (excludes halogenated alkanes) is 3. The Hall–Kier alpha value is -5.47. The second-order valence-corrected chi connectivity index (χ2v) is 23.3. The molecule has 2 saturated carbocycles. The molecule has 0 amide bonds. The van der Waals surface area contributed by atoms with Gasteiger partial charge in [0.1, 0.15) is 18.5 Å². The van der Waals surface area contributed by atoms with Crippen LogP contribution in [0.2, 0.25) is 0 Å². The van der Waals surface area contributed by atoms with E-state index in [2.05, 4.69) is 90.1 Å². The number of aldehydes is 2. The fourth-order valence-electron chi connectivity index (χ4n) is 14.7. The van der Waals surface area contributed by atoms with Crippen LogP contribution in [-0.4, -0.2) is 141 Å². The van der Waals surface area contributed by atoms with Gasteiger partial charge in [-0.15, -0.1) is 0 Å². The Morgan fingerprint density at radius 1 is 0.986 bits per heavy atom. The van der Waals surface area contributed by atoms with Crippen molar-refractivity contribution in [3.05, 3.63) is 105 Å². The van der Waals surface area contributed by atoms with E-state index in [0.717, 1.165) is 106 Å². The van der Waals surface area contributed by atoms with Gasteiger partial charge in [-0.3, -0.25) is 19.3 Å². The number of pyridine rings is 1. The number of aliphatic hydroxyl groups is 1. The second-order valence-electron chi connectivity index (χ2n) is 23.3. The van der Waals surface area contributed by atoms with Crippen molar-refractivity contribution in [2.24, 2.45) is 17.3 Å². The van der Waals surface area contributed by atoms with Crippen LogP contribution in [0, 0.1) is 17.3 Å². The van der Waals surface area contributed by atoms with Crippen molar-refractivity contribution in [3.8, 4) is 0 Å². The van der Waals surface area contributed by atoms with Gasteiger partial charge in [0.25, 0.3) is 0 Å². The van der Waals surface area contributed by atoms with Crippen molar-refractivity contribution in [1.29, 1.82) is 0 Å². The lowest BCUT2D eigenvalue weighted by atomic mass is 9.53. The Morgan fingerprint density at radius 2 is 1.76 bits per heavy atom. The van der Waals surface area contributed by atoms with Gasteiger partial charge in [-0.2, -0.15) is 0 Å². The van der Waals surface area contributed by atoms with Crippen LogP contribution >= 0.6 is 0 Å². The van der Waals surface area contributed by atoms with E-state index in [1.54, 1.807) is 18.6 Å². The third kappa shape index (κ3) is 9.94. The van der Waals surface area contributed by atoms with Crippen LogP contribution in [0.5, 0.6) is 0 Å². The first-order valence-electron chi connectivity index (χ1n) is 27.5. The predicted octanol–water partition coefficient (Wildman–Crippen LogP) is 8.58. The summed E-state index contributed by atoms with van der Waals surface area (Å²) in [4.78, 5) is 65.8. The maximum Gasteiger partial charge on any atom is 0.302 e. The quantitative estimate of drug-likeness (QED) is 0.0532. The van der Waals surface area contributed by atoms with Crippen molar-refractivity contribution in [1.82, 2.24) is 19.7 Å². The highest BCUT2D eigenvalue weighted by atomic mass is 16.5. The monoisotopic (exact) mass is 1010 g/mol. The highest BCUT2D eigenvalue weighted by Gasteiger charge is 2.58. The maximum atomic E-state index is 12.5. The lowest BCUT2D eigenvalue weighted by Gasteiger charge is -2.58. The molecule has 13 nitrogen and oxygen atoms in total. The Labute approximate surface area is 438 Å². The topological polar surface area (TPSA) is 136 Å². The van der Waals surface area contributed by atoms with E-state index in [4.69, 9.17) is 14.5 Å². The molecule has 11 rings (SSSR count). The van der Waals surface area contributed by atoms with Crippen LogP contribution in [-0.2, 0) is 41.7 Å². The third-order valence-electron chi connectivity index (χ3n) is 18.2. The second kappa shape index (κ2) is 21.6. The van der Waals surface area contributed by atoms with E-state index in [1.165, 1.54) is 66.4 Å². The number of carbonyl (C=O) groups is 4. The summed E-state index contributed by atoms with van der Waals surface area (Å²) in [5.41, 5.74) is 13.4. The van der Waals surface area contributed by atoms with Gasteiger partial charge >= 0.3 is 5.97 Å². The highest BCUT2D eigenvalue weighted by Crippen LogP contribution is 2.64. The van der Waals surface area contributed by atoms with Crippen molar-refractivity contribution in [2.45, 2.75) is 134 Å². The Bertz CT molecular complexity index is 2780. The molecule has 1 aromatic heterocycles. The molecule has 13 heteroatoms. The molecule has 5 heterocycles. The van der Waals surface area contributed by atoms with Gasteiger partial charge in [0, 0.05) is 113 Å². The van der Waals surface area contributed by atoms with Gasteiger partial charge in [0.05, 0.1) is 23.5 Å². The number of rotatable bonds is 19. The number of hydrogen-bond acceptors (Lipinski definition) is 13. The first-order valence-corrected chi connectivity index (χ1v) is 27.5. The smallest absolute Gasteiger partial charge is 0.302 e. The summed E-state index contributed by atoms with van der Waals surface area (Å²) in [6.07, 6.45) is 15.8. The zero-order valence-corrected chi connectivity index (χ0v) is 44.9. The number of esters is 1. The molecular formula is C61H78N6O7. The maximum absolute atomic E-state index is 12.5. The number of methoxy groups -OCH3 is 1. The van der Waals surface area contributed by atoms with E-state index in [9.17, 15) is 24.3 Å². The summed E-state index contributed by atoms with van der Waals surface area (Å²) in [6.45, 7) is 9.64. The van der Waals surface area contributed by atoms with Gasteiger partial charge in [-0.25, -0.2) is 4.98 Å². The SMILES string of the molecule is COC/C(C=O)=C(/C=C1/c2nc3ccc(N4C5CC4CN(CCCCCCN(C)c4ccc([C@H]6C[C@]7(C)C(OC(C)=O)CCC7C7CCC8=CC(=O)CCC8=C76)cc4)C5)c(CN(C)C)c3cc2CN1C)C(O)C=O. The van der Waals surface area contributed by atoms with Crippen LogP contribution in [0.4, 0.5) is 11.4 Å². The number of fused-ring (bicyclic) bond motifs is 8. The highest BCUT2D eigenvalue weighted by molar-refractivity contribution is 5.93. The number of piperidine rings is 1. The average Bonchev–Trinajstić information content (AvgIpc) is 3.89. The molecule has 394 valence electrons. The fourth-order valence-corrected chi connectivity index (χ4v) is 14.7. The van der Waals surface area contributed by atoms with E-state index in [1.807, 2.05) is 18.0 Å². The third-order valence-corrected chi connectivity index (χ3v) is 18.2. The molecule has 3 aromatic rings. The molecule has 0 radical (unpaired) electrons. The molecule has 1 N–H and O–H groups in total. The van der Waals surface area contributed by atoms with Crippen LogP contribution < -0.4 is 9.80 Å². The van der Waals surface area contributed by atoms with Crippen LogP contribution in [0.3, 0.4) is 0 Å². The number of carbonyl (C=O) groups excluding carboxylic acids is 4. The number of hydrogen-bond donors (Lipinski definition) is 1. The fraction of sp³-hybridized carbons (Fsp3) is 0.557. The van der Waals surface area contributed by atoms with Gasteiger partial charge in [-0.1, -0.05) is 37.5 Å². The summed E-state index contributed by atoms with van der Waals surface area (Å²) >= 11 is 0. The van der Waals surface area contributed by atoms with Gasteiger partial charge in [-0.05, 0) is 166 Å². The lowest BCUT2D eigenvalue weighted by molar-refractivity contribution is -0.154. The predicted molar refractivity (Wildman–Crippen MR) is 291 cm³/mol. The Morgan fingerprint density at radius 3 is 2.47 bits per heavy atom. The van der Waals surface area contributed by atoms with Crippen molar-refractivity contribution in [2.75, 3.05) is 77.9 Å². The van der Waals surface area contributed by atoms with E-state index in [0.29, 0.717) is 49.5 Å². The zero-order chi connectivity index (χ0) is 52.0. The molecule has 4 aliphatic heterocycles.